The van der Waals surface area contributed by atoms with E-state index in [1.165, 1.54) is 12.1 Å². The van der Waals surface area contributed by atoms with Crippen molar-refractivity contribution in [3.8, 4) is 5.75 Å². The highest BCUT2D eigenvalue weighted by atomic mass is 35.5. The number of alkyl halides is 3. The largest absolute Gasteiger partial charge is 0.497 e. The second-order valence-corrected chi connectivity index (χ2v) is 10.7. The van der Waals surface area contributed by atoms with Gasteiger partial charge in [-0.25, -0.2) is 0 Å². The summed E-state index contributed by atoms with van der Waals surface area (Å²) in [6, 6.07) is 15.4. The molecule has 4 rings (SSSR count). The summed E-state index contributed by atoms with van der Waals surface area (Å²) in [5, 5.41) is 4.19. The molecule has 1 heterocycles. The number of rotatable bonds is 7. The van der Waals surface area contributed by atoms with Crippen molar-refractivity contribution in [2.75, 3.05) is 21.2 Å². The maximum atomic E-state index is 14.4. The minimum absolute atomic E-state index is 0.0383. The molecule has 0 aliphatic carbocycles. The number of nitrogens with one attached hydrogen (secondary N) is 1. The fourth-order valence-corrected chi connectivity index (χ4v) is 5.16. The number of quaternary nitrogens is 1. The van der Waals surface area contributed by atoms with Crippen LogP contribution in [0.25, 0.3) is 0 Å². The summed E-state index contributed by atoms with van der Waals surface area (Å²) in [4.78, 5) is 17.9. The molecule has 1 aliphatic rings. The van der Waals surface area contributed by atoms with Crippen LogP contribution in [0.15, 0.2) is 65.8 Å². The molecule has 0 saturated carbocycles. The molecule has 6 nitrogen and oxygen atoms in total. The van der Waals surface area contributed by atoms with Gasteiger partial charge in [0.25, 0.3) is 11.5 Å². The summed E-state index contributed by atoms with van der Waals surface area (Å²) < 4.78 is 48.1. The van der Waals surface area contributed by atoms with Crippen LogP contribution < -0.4 is 14.8 Å². The summed E-state index contributed by atoms with van der Waals surface area (Å²) in [6.45, 7) is 0. The van der Waals surface area contributed by atoms with Gasteiger partial charge in [-0.3, -0.25) is 4.79 Å². The lowest BCUT2D eigenvalue weighted by Crippen LogP contribution is -2.56. The van der Waals surface area contributed by atoms with Gasteiger partial charge in [0, 0.05) is 33.7 Å². The van der Waals surface area contributed by atoms with E-state index in [1.807, 2.05) is 0 Å². The lowest BCUT2D eigenvalue weighted by molar-refractivity contribution is -0.275. The topological polar surface area (TPSA) is 59.9 Å². The van der Waals surface area contributed by atoms with Crippen molar-refractivity contribution in [1.82, 2.24) is 10.0 Å². The third kappa shape index (κ3) is 6.11. The van der Waals surface area contributed by atoms with Crippen LogP contribution in [0.4, 0.5) is 18.9 Å². The van der Waals surface area contributed by atoms with Crippen molar-refractivity contribution < 1.29 is 27.5 Å². The maximum Gasteiger partial charge on any atom is 0.435 e. The van der Waals surface area contributed by atoms with E-state index in [2.05, 4.69) is 10.6 Å². The number of ether oxygens (including phenoxy) is 1. The Bertz CT molecular complexity index is 1410. The van der Waals surface area contributed by atoms with Crippen LogP contribution >= 0.6 is 34.8 Å². The number of halogens is 6. The molecule has 0 aromatic heterocycles. The first kappa shape index (κ1) is 29.0. The Labute approximate surface area is 238 Å². The van der Waals surface area contributed by atoms with Gasteiger partial charge in [-0.05, 0) is 42.0 Å². The summed E-state index contributed by atoms with van der Waals surface area (Å²) in [5.74, 6) is 0.382. The Morgan fingerprint density at radius 2 is 1.69 bits per heavy atom. The molecule has 0 radical (unpaired) electrons. The number of benzene rings is 3. The van der Waals surface area contributed by atoms with Gasteiger partial charge in [-0.1, -0.05) is 58.2 Å². The number of carbonyl (C=O) groups excluding carboxylic acids is 1. The SMILES string of the molecule is COc1ccc(CC(=O)N[N+](C)(C)c2cc(C3=NOC(c4cc(Cl)cc(Cl)c4)(C(F)(F)F)C3)ccc2Cl)cc1. The predicted octanol–water partition coefficient (Wildman–Crippen LogP) is 7.08. The van der Waals surface area contributed by atoms with E-state index < -0.39 is 18.2 Å². The van der Waals surface area contributed by atoms with Gasteiger partial charge >= 0.3 is 6.18 Å². The molecule has 1 unspecified atom stereocenters. The van der Waals surface area contributed by atoms with Crippen LogP contribution in [0.1, 0.15) is 23.1 Å². The van der Waals surface area contributed by atoms with Crippen molar-refractivity contribution >= 4 is 52.1 Å². The van der Waals surface area contributed by atoms with E-state index in [0.29, 0.717) is 22.0 Å². The molecule has 39 heavy (non-hydrogen) atoms. The van der Waals surface area contributed by atoms with Crippen LogP contribution in [0, 0.1) is 0 Å². The minimum Gasteiger partial charge on any atom is -0.497 e. The van der Waals surface area contributed by atoms with E-state index in [9.17, 15) is 18.0 Å². The van der Waals surface area contributed by atoms with E-state index in [4.69, 9.17) is 44.4 Å². The summed E-state index contributed by atoms with van der Waals surface area (Å²) >= 11 is 18.4. The zero-order valence-corrected chi connectivity index (χ0v) is 23.3. The summed E-state index contributed by atoms with van der Waals surface area (Å²) in [6.07, 6.45) is -5.35. The van der Waals surface area contributed by atoms with Crippen LogP contribution in [-0.4, -0.2) is 39.0 Å². The number of carbonyl (C=O) groups is 1. The molecule has 0 saturated heterocycles. The fourth-order valence-electron chi connectivity index (χ4n) is 4.31. The second-order valence-electron chi connectivity index (χ2n) is 9.47. The molecule has 3 aromatic rings. The molecule has 1 aliphatic heterocycles. The first-order valence-electron chi connectivity index (χ1n) is 11.6. The highest BCUT2D eigenvalue weighted by Crippen LogP contribution is 2.50. The zero-order valence-electron chi connectivity index (χ0n) is 21.1. The van der Waals surface area contributed by atoms with E-state index in [-0.39, 0.29) is 38.2 Å². The Kier molecular flexibility index (Phi) is 8.10. The minimum atomic E-state index is -4.83. The Balaban J connectivity index is 1.58. The molecule has 1 atom stereocenters. The van der Waals surface area contributed by atoms with Crippen molar-refractivity contribution in [2.45, 2.75) is 24.6 Å². The Hall–Kier alpha value is -2.98. The highest BCUT2D eigenvalue weighted by molar-refractivity contribution is 6.34. The van der Waals surface area contributed by atoms with Crippen molar-refractivity contribution in [2.24, 2.45) is 5.16 Å². The van der Waals surface area contributed by atoms with Crippen molar-refractivity contribution in [3.05, 3.63) is 92.4 Å². The number of oxime groups is 1. The number of hydrogen-bond acceptors (Lipinski definition) is 4. The van der Waals surface area contributed by atoms with Gasteiger partial charge in [0.05, 0.1) is 33.3 Å². The Morgan fingerprint density at radius 1 is 1.05 bits per heavy atom. The van der Waals surface area contributed by atoms with Crippen LogP contribution in [-0.2, 0) is 21.7 Å². The summed E-state index contributed by atoms with van der Waals surface area (Å²) in [7, 11) is 4.94. The molecule has 0 spiro atoms. The van der Waals surface area contributed by atoms with E-state index in [1.54, 1.807) is 57.6 Å². The zero-order chi connectivity index (χ0) is 28.6. The first-order valence-corrected chi connectivity index (χ1v) is 12.7. The number of methoxy groups -OCH3 is 1. The standard InChI is InChI=1S/C27H23Cl3F3N3O3/c1-36(2,34-25(37)10-16-4-7-21(38-3)8-5-16)24-11-17(6-9-22(24)30)23-15-26(39-35-23,27(31,32)33)18-12-19(28)14-20(29)13-18/h4-9,11-14H,10,15H2,1-3H3/p+1. The van der Waals surface area contributed by atoms with Crippen LogP contribution in [0.2, 0.25) is 15.1 Å². The molecular weight excluding hydrogens is 578 g/mol. The number of amides is 1. The normalized spacial score (nSPS) is 17.4. The van der Waals surface area contributed by atoms with Gasteiger partial charge in [0.2, 0.25) is 0 Å². The molecular formula is C27H24Cl3F3N3O3+. The van der Waals surface area contributed by atoms with Crippen molar-refractivity contribution in [1.29, 1.82) is 0 Å². The lowest BCUT2D eigenvalue weighted by Gasteiger charge is -2.30. The first-order chi connectivity index (χ1) is 18.2. The highest BCUT2D eigenvalue weighted by Gasteiger charge is 2.62. The van der Waals surface area contributed by atoms with Crippen molar-refractivity contribution in [3.63, 3.8) is 0 Å². The Morgan fingerprint density at radius 3 is 2.28 bits per heavy atom. The van der Waals surface area contributed by atoms with Gasteiger partial charge in [-0.2, -0.15) is 23.2 Å². The van der Waals surface area contributed by atoms with E-state index >= 15 is 0 Å². The molecule has 0 bridgehead atoms. The second kappa shape index (κ2) is 10.9. The van der Waals surface area contributed by atoms with Crippen LogP contribution in [0.5, 0.6) is 5.75 Å². The molecule has 0 fully saturated rings. The molecule has 206 valence electrons. The monoisotopic (exact) mass is 600 g/mol. The van der Waals surface area contributed by atoms with E-state index in [0.717, 1.165) is 17.7 Å². The lowest BCUT2D eigenvalue weighted by atomic mass is 9.86. The fraction of sp³-hybridized carbons (Fsp3) is 0.259. The van der Waals surface area contributed by atoms with Gasteiger partial charge in [-0.15, -0.1) is 0 Å². The smallest absolute Gasteiger partial charge is 0.435 e. The third-order valence-electron chi connectivity index (χ3n) is 6.32. The molecule has 1 N–H and O–H groups in total. The average molecular weight is 602 g/mol. The summed E-state index contributed by atoms with van der Waals surface area (Å²) in [5.41, 5.74) is 1.47. The van der Waals surface area contributed by atoms with Crippen LogP contribution in [0.3, 0.4) is 0 Å². The maximum absolute atomic E-state index is 14.4. The molecule has 1 amide bonds. The van der Waals surface area contributed by atoms with Gasteiger partial charge in [0.1, 0.15) is 10.8 Å². The predicted molar refractivity (Wildman–Crippen MR) is 146 cm³/mol. The molecule has 3 aromatic carbocycles. The third-order valence-corrected chi connectivity index (χ3v) is 7.08. The quantitative estimate of drug-likeness (QED) is 0.233. The number of nitrogens with zero attached hydrogens (tertiary/aromatic N) is 2. The molecule has 12 heteroatoms. The van der Waals surface area contributed by atoms with Gasteiger partial charge < -0.3 is 9.57 Å². The average Bonchev–Trinajstić information content (AvgIpc) is 3.31. The number of hydrogen-bond donors (Lipinski definition) is 1. The van der Waals surface area contributed by atoms with Gasteiger partial charge in [0.15, 0.2) is 5.69 Å².